The van der Waals surface area contributed by atoms with Gasteiger partial charge in [-0.15, -0.1) is 0 Å². The zero-order valence-electron chi connectivity index (χ0n) is 9.68. The highest BCUT2D eigenvalue weighted by Gasteiger charge is 2.13. The van der Waals surface area contributed by atoms with Crippen LogP contribution >= 0.6 is 11.6 Å². The Hall–Kier alpha value is -2.07. The van der Waals surface area contributed by atoms with E-state index in [9.17, 15) is 10.1 Å². The van der Waals surface area contributed by atoms with Crippen LogP contribution in [0.25, 0.3) is 0 Å². The van der Waals surface area contributed by atoms with E-state index >= 15 is 0 Å². The highest BCUT2D eigenvalue weighted by Crippen LogP contribution is 2.28. The van der Waals surface area contributed by atoms with Gasteiger partial charge in [0.1, 0.15) is 5.69 Å². The molecule has 0 aromatic heterocycles. The minimum atomic E-state index is -0.398. The fraction of sp³-hybridized carbons (Fsp3) is 0.0769. The number of aryl methyl sites for hydroxylation is 1. The predicted molar refractivity (Wildman–Crippen MR) is 72.6 cm³/mol. The molecule has 0 radical (unpaired) electrons. The smallest absolute Gasteiger partial charge is 0.292 e. The fourth-order valence-electron chi connectivity index (χ4n) is 1.59. The standard InChI is InChI=1S/C13H11ClN2O2/c1-9-2-7-12(13(8-9)16(17)18)15-11-5-3-10(14)4-6-11/h2-8,15H,1H3. The van der Waals surface area contributed by atoms with Crippen molar-refractivity contribution in [2.45, 2.75) is 6.92 Å². The second-order valence-corrected chi connectivity index (χ2v) is 4.35. The second kappa shape index (κ2) is 5.06. The molecule has 0 unspecified atom stereocenters. The summed E-state index contributed by atoms with van der Waals surface area (Å²) in [6.07, 6.45) is 0. The monoisotopic (exact) mass is 262 g/mol. The number of nitrogens with one attached hydrogen (secondary N) is 1. The van der Waals surface area contributed by atoms with Gasteiger partial charge in [-0.1, -0.05) is 17.7 Å². The third kappa shape index (κ3) is 2.78. The van der Waals surface area contributed by atoms with Crippen molar-refractivity contribution in [1.29, 1.82) is 0 Å². The Morgan fingerprint density at radius 2 is 1.83 bits per heavy atom. The highest BCUT2D eigenvalue weighted by molar-refractivity contribution is 6.30. The predicted octanol–water partition coefficient (Wildman–Crippen LogP) is 4.30. The molecule has 0 bridgehead atoms. The largest absolute Gasteiger partial charge is 0.350 e. The Labute approximate surface area is 109 Å². The summed E-state index contributed by atoms with van der Waals surface area (Å²) < 4.78 is 0. The van der Waals surface area contributed by atoms with Crippen LogP contribution in [0, 0.1) is 17.0 Å². The number of benzene rings is 2. The maximum Gasteiger partial charge on any atom is 0.292 e. The van der Waals surface area contributed by atoms with E-state index in [1.807, 2.05) is 13.0 Å². The molecule has 0 aliphatic carbocycles. The van der Waals surface area contributed by atoms with Crippen LogP contribution in [0.3, 0.4) is 0 Å². The summed E-state index contributed by atoms with van der Waals surface area (Å²) in [5.41, 5.74) is 2.13. The first-order valence-electron chi connectivity index (χ1n) is 5.34. The van der Waals surface area contributed by atoms with Gasteiger partial charge < -0.3 is 5.32 Å². The molecule has 2 rings (SSSR count). The third-order valence-corrected chi connectivity index (χ3v) is 2.73. The minimum Gasteiger partial charge on any atom is -0.350 e. The Balaban J connectivity index is 2.34. The molecule has 18 heavy (non-hydrogen) atoms. The molecule has 0 saturated heterocycles. The van der Waals surface area contributed by atoms with E-state index in [2.05, 4.69) is 5.32 Å². The van der Waals surface area contributed by atoms with Gasteiger partial charge in [0.15, 0.2) is 0 Å². The molecule has 0 aliphatic heterocycles. The van der Waals surface area contributed by atoms with Crippen molar-refractivity contribution in [2.24, 2.45) is 0 Å². The third-order valence-electron chi connectivity index (χ3n) is 2.47. The average molecular weight is 263 g/mol. The molecule has 0 spiro atoms. The van der Waals surface area contributed by atoms with Gasteiger partial charge in [-0.05, 0) is 42.8 Å². The van der Waals surface area contributed by atoms with Crippen molar-refractivity contribution < 1.29 is 4.92 Å². The van der Waals surface area contributed by atoms with Crippen molar-refractivity contribution in [3.63, 3.8) is 0 Å². The van der Waals surface area contributed by atoms with E-state index < -0.39 is 4.92 Å². The van der Waals surface area contributed by atoms with E-state index in [-0.39, 0.29) is 5.69 Å². The second-order valence-electron chi connectivity index (χ2n) is 3.91. The van der Waals surface area contributed by atoms with Crippen molar-refractivity contribution in [2.75, 3.05) is 5.32 Å². The molecular weight excluding hydrogens is 252 g/mol. The lowest BCUT2D eigenvalue weighted by Gasteiger charge is -2.07. The van der Waals surface area contributed by atoms with E-state index in [1.54, 1.807) is 30.3 Å². The lowest BCUT2D eigenvalue weighted by Crippen LogP contribution is -1.97. The zero-order chi connectivity index (χ0) is 13.1. The summed E-state index contributed by atoms with van der Waals surface area (Å²) in [5.74, 6) is 0. The van der Waals surface area contributed by atoms with E-state index in [4.69, 9.17) is 11.6 Å². The Morgan fingerprint density at radius 3 is 2.44 bits per heavy atom. The zero-order valence-corrected chi connectivity index (χ0v) is 10.4. The SMILES string of the molecule is Cc1ccc(Nc2ccc(Cl)cc2)c([N+](=O)[O-])c1. The van der Waals surface area contributed by atoms with Gasteiger partial charge in [0.2, 0.25) is 0 Å². The van der Waals surface area contributed by atoms with Crippen LogP contribution in [0.2, 0.25) is 5.02 Å². The van der Waals surface area contributed by atoms with Crippen LogP contribution < -0.4 is 5.32 Å². The summed E-state index contributed by atoms with van der Waals surface area (Å²) in [4.78, 5) is 10.6. The molecule has 0 saturated carbocycles. The molecule has 92 valence electrons. The van der Waals surface area contributed by atoms with E-state index in [0.29, 0.717) is 10.7 Å². The molecule has 5 heteroatoms. The molecule has 1 N–H and O–H groups in total. The van der Waals surface area contributed by atoms with Crippen LogP contribution in [-0.2, 0) is 0 Å². The lowest BCUT2D eigenvalue weighted by atomic mass is 10.2. The number of nitro groups is 1. The number of anilines is 2. The van der Waals surface area contributed by atoms with Gasteiger partial charge in [0.25, 0.3) is 5.69 Å². The maximum atomic E-state index is 11.0. The first-order chi connectivity index (χ1) is 8.56. The summed E-state index contributed by atoms with van der Waals surface area (Å²) in [5, 5.41) is 14.6. The van der Waals surface area contributed by atoms with Crippen LogP contribution in [0.5, 0.6) is 0 Å². The molecule has 2 aromatic carbocycles. The van der Waals surface area contributed by atoms with Crippen molar-refractivity contribution >= 4 is 28.7 Å². The van der Waals surface area contributed by atoms with Gasteiger partial charge in [-0.2, -0.15) is 0 Å². The number of hydrogen-bond acceptors (Lipinski definition) is 3. The van der Waals surface area contributed by atoms with E-state index in [1.165, 1.54) is 6.07 Å². The molecule has 4 nitrogen and oxygen atoms in total. The number of rotatable bonds is 3. The topological polar surface area (TPSA) is 55.2 Å². The molecule has 0 heterocycles. The van der Waals surface area contributed by atoms with Gasteiger partial charge >= 0.3 is 0 Å². The maximum absolute atomic E-state index is 11.0. The molecule has 0 fully saturated rings. The quantitative estimate of drug-likeness (QED) is 0.663. The van der Waals surface area contributed by atoms with Crippen LogP contribution in [-0.4, -0.2) is 4.92 Å². The van der Waals surface area contributed by atoms with Gasteiger partial charge in [-0.3, -0.25) is 10.1 Å². The molecule has 2 aromatic rings. The van der Waals surface area contributed by atoms with Crippen LogP contribution in [0.15, 0.2) is 42.5 Å². The number of hydrogen-bond donors (Lipinski definition) is 1. The lowest BCUT2D eigenvalue weighted by molar-refractivity contribution is -0.384. The summed E-state index contributed by atoms with van der Waals surface area (Å²) in [7, 11) is 0. The number of nitrogens with zero attached hydrogens (tertiary/aromatic N) is 1. The minimum absolute atomic E-state index is 0.0601. The average Bonchev–Trinajstić information content (AvgIpc) is 2.34. The van der Waals surface area contributed by atoms with Gasteiger partial charge in [-0.25, -0.2) is 0 Å². The molecule has 0 amide bonds. The van der Waals surface area contributed by atoms with Crippen LogP contribution in [0.4, 0.5) is 17.1 Å². The molecule has 0 atom stereocenters. The molecular formula is C13H11ClN2O2. The first kappa shape index (κ1) is 12.4. The van der Waals surface area contributed by atoms with Crippen molar-refractivity contribution in [3.8, 4) is 0 Å². The highest BCUT2D eigenvalue weighted by atomic mass is 35.5. The van der Waals surface area contributed by atoms with Crippen LogP contribution in [0.1, 0.15) is 5.56 Å². The number of nitro benzene ring substituents is 1. The Bertz CT molecular complexity index is 582. The normalized spacial score (nSPS) is 10.1. The first-order valence-corrected chi connectivity index (χ1v) is 5.72. The Morgan fingerprint density at radius 1 is 1.17 bits per heavy atom. The van der Waals surface area contributed by atoms with Crippen molar-refractivity contribution in [1.82, 2.24) is 0 Å². The van der Waals surface area contributed by atoms with Crippen molar-refractivity contribution in [3.05, 3.63) is 63.2 Å². The van der Waals surface area contributed by atoms with Gasteiger partial charge in [0.05, 0.1) is 4.92 Å². The summed E-state index contributed by atoms with van der Waals surface area (Å²) in [6, 6.07) is 12.1. The summed E-state index contributed by atoms with van der Waals surface area (Å²) in [6.45, 7) is 1.82. The number of halogens is 1. The van der Waals surface area contributed by atoms with E-state index in [0.717, 1.165) is 11.3 Å². The molecule has 0 aliphatic rings. The Kier molecular flexibility index (Phi) is 3.48. The summed E-state index contributed by atoms with van der Waals surface area (Å²) >= 11 is 5.78. The van der Waals surface area contributed by atoms with Gasteiger partial charge in [0, 0.05) is 16.8 Å². The fourth-order valence-corrected chi connectivity index (χ4v) is 1.71.